The van der Waals surface area contributed by atoms with Crippen LogP contribution < -0.4 is 20.5 Å². The molecule has 5 N–H and O–H groups in total. The topological polar surface area (TPSA) is 130 Å². The Labute approximate surface area is 312 Å². The van der Waals surface area contributed by atoms with Gasteiger partial charge in [-0.2, -0.15) is 0 Å². The molecule has 276 valence electrons. The monoisotopic (exact) mass is 714 g/mol. The Balaban J connectivity index is 1.15. The second-order valence-electron chi connectivity index (χ2n) is 15.6. The molecule has 2 aromatic carbocycles. The summed E-state index contributed by atoms with van der Waals surface area (Å²) in [6.07, 6.45) is 14.7. The highest BCUT2D eigenvalue weighted by molar-refractivity contribution is 5.88. The molecule has 5 aliphatic heterocycles. The van der Waals surface area contributed by atoms with Gasteiger partial charge >= 0.3 is 0 Å². The molecule has 1 spiro atoms. The van der Waals surface area contributed by atoms with Gasteiger partial charge in [0.05, 0.1) is 29.3 Å². The van der Waals surface area contributed by atoms with Gasteiger partial charge < -0.3 is 30.3 Å². The van der Waals surface area contributed by atoms with E-state index in [1.807, 2.05) is 36.5 Å². The van der Waals surface area contributed by atoms with Crippen LogP contribution in [0.3, 0.4) is 0 Å². The molecule has 9 nitrogen and oxygen atoms in total. The summed E-state index contributed by atoms with van der Waals surface area (Å²) in [7, 11) is 0. The number of aliphatic hydroxyl groups excluding tert-OH is 2. The van der Waals surface area contributed by atoms with Crippen LogP contribution in [-0.4, -0.2) is 52.5 Å². The van der Waals surface area contributed by atoms with E-state index in [1.165, 1.54) is 5.56 Å². The van der Waals surface area contributed by atoms with E-state index in [4.69, 9.17) is 20.2 Å². The lowest BCUT2D eigenvalue weighted by atomic mass is 9.73. The number of benzene rings is 2. The molecule has 9 heteroatoms. The summed E-state index contributed by atoms with van der Waals surface area (Å²) < 4.78 is 13.2. The zero-order valence-corrected chi connectivity index (χ0v) is 30.6. The van der Waals surface area contributed by atoms with E-state index in [0.717, 1.165) is 97.0 Å². The number of ketones is 1. The SMILES string of the molecule is CCCCCC(O)CC(=O)CCc1ccc2c(c1)OC1C(C#CC(O)c3ccc4c(c3CC3=C5CN1C=C5N=C3)CCNC4N)C1(C#CO2)CCCC1. The number of carbonyl (C=O) groups excluding carboxylic acids is 1. The Morgan fingerprint density at radius 2 is 1.98 bits per heavy atom. The molecular weight excluding hydrogens is 665 g/mol. The maximum absolute atomic E-state index is 12.8. The molecule has 1 fully saturated rings. The van der Waals surface area contributed by atoms with E-state index >= 15 is 0 Å². The molecule has 0 aromatic heterocycles. The predicted octanol–water partition coefficient (Wildman–Crippen LogP) is 5.69. The van der Waals surface area contributed by atoms with Gasteiger partial charge in [0.25, 0.3) is 0 Å². The average molecular weight is 715 g/mol. The second kappa shape index (κ2) is 15.2. The molecule has 6 aliphatic rings. The summed E-state index contributed by atoms with van der Waals surface area (Å²) in [5.74, 6) is 11.2. The molecule has 53 heavy (non-hydrogen) atoms. The number of ether oxygens (including phenoxy) is 2. The smallest absolute Gasteiger partial charge is 0.187 e. The number of carbonyl (C=O) groups is 1. The highest BCUT2D eigenvalue weighted by Gasteiger charge is 2.48. The molecule has 5 heterocycles. The van der Waals surface area contributed by atoms with Crippen molar-refractivity contribution in [2.45, 2.75) is 115 Å². The number of aliphatic hydroxyl groups is 2. The molecule has 5 unspecified atom stereocenters. The van der Waals surface area contributed by atoms with Crippen LogP contribution in [0.5, 0.6) is 11.5 Å². The van der Waals surface area contributed by atoms with Crippen LogP contribution in [0.25, 0.3) is 0 Å². The Morgan fingerprint density at radius 1 is 1.13 bits per heavy atom. The number of fused-ring (bicyclic) bond motifs is 8. The van der Waals surface area contributed by atoms with Gasteiger partial charge in [-0.15, -0.1) is 0 Å². The number of aryl methyl sites for hydroxylation is 1. The van der Waals surface area contributed by atoms with Gasteiger partial charge in [-0.25, -0.2) is 0 Å². The lowest BCUT2D eigenvalue weighted by Crippen LogP contribution is -2.47. The van der Waals surface area contributed by atoms with Gasteiger partial charge in [-0.3, -0.25) is 15.1 Å². The standard InChI is InChI=1S/C44H50N4O5/c1-2-3-4-7-30(49)24-31(50)10-8-28-9-15-40-41(22-28)53-43-37(44(19-21-52-40)17-5-6-18-44)13-14-39(51)33-11-12-34-32(16-20-46-42(34)45)35(33)23-29-25-47-38-27-48(43)26-36(29)38/h9,11-12,15,22,25,27,30,37,39,42-43,46,49,51H,2-8,10,16-18,20,23-24,26,45H2,1H3. The fourth-order valence-electron chi connectivity index (χ4n) is 9.05. The number of aliphatic imine (C=N–C) groups is 1. The van der Waals surface area contributed by atoms with Crippen molar-refractivity contribution in [3.05, 3.63) is 81.2 Å². The van der Waals surface area contributed by atoms with Crippen LogP contribution in [-0.2, 0) is 24.1 Å². The highest BCUT2D eigenvalue weighted by atomic mass is 16.5. The third kappa shape index (κ3) is 7.16. The van der Waals surface area contributed by atoms with E-state index in [9.17, 15) is 15.0 Å². The fourth-order valence-corrected chi connectivity index (χ4v) is 9.05. The van der Waals surface area contributed by atoms with Crippen molar-refractivity contribution in [2.24, 2.45) is 22.1 Å². The van der Waals surface area contributed by atoms with E-state index in [2.05, 4.69) is 47.2 Å². The van der Waals surface area contributed by atoms with E-state index < -0.39 is 23.9 Å². The minimum Gasteiger partial charge on any atom is -0.465 e. The molecular formula is C44H50N4O5. The first-order valence-electron chi connectivity index (χ1n) is 19.6. The number of hydrogen-bond acceptors (Lipinski definition) is 9. The van der Waals surface area contributed by atoms with Gasteiger partial charge in [0.2, 0.25) is 0 Å². The first-order chi connectivity index (χ1) is 25.8. The maximum Gasteiger partial charge on any atom is 0.187 e. The van der Waals surface area contributed by atoms with Crippen molar-refractivity contribution in [1.82, 2.24) is 10.2 Å². The number of rotatable bonds is 9. The van der Waals surface area contributed by atoms with Crippen LogP contribution in [0.4, 0.5) is 0 Å². The van der Waals surface area contributed by atoms with Crippen LogP contribution in [0.1, 0.15) is 111 Å². The predicted molar refractivity (Wildman–Crippen MR) is 204 cm³/mol. The third-order valence-corrected chi connectivity index (χ3v) is 12.0. The van der Waals surface area contributed by atoms with Crippen LogP contribution in [0.2, 0.25) is 0 Å². The molecule has 5 atom stereocenters. The number of unbranched alkanes of at least 4 members (excludes halogenated alkanes) is 2. The molecule has 0 radical (unpaired) electrons. The highest BCUT2D eigenvalue weighted by Crippen LogP contribution is 2.49. The normalized spacial score (nSPS) is 25.2. The van der Waals surface area contributed by atoms with Gasteiger partial charge in [0.1, 0.15) is 18.0 Å². The largest absolute Gasteiger partial charge is 0.465 e. The number of allylic oxidation sites excluding steroid dienone is 1. The summed E-state index contributed by atoms with van der Waals surface area (Å²) in [4.78, 5) is 19.9. The number of Topliss-reactive ketones (excluding diaryl/α,β-unsaturated/α-hetero) is 1. The second-order valence-corrected chi connectivity index (χ2v) is 15.6. The molecule has 0 amide bonds. The minimum absolute atomic E-state index is 0.0541. The quantitative estimate of drug-likeness (QED) is 0.193. The van der Waals surface area contributed by atoms with Gasteiger partial charge in [0, 0.05) is 50.3 Å². The molecule has 0 saturated heterocycles. The summed E-state index contributed by atoms with van der Waals surface area (Å²) >= 11 is 0. The lowest BCUT2D eigenvalue weighted by molar-refractivity contribution is -0.121. The lowest BCUT2D eigenvalue weighted by Gasteiger charge is -2.39. The van der Waals surface area contributed by atoms with Crippen LogP contribution >= 0.6 is 0 Å². The van der Waals surface area contributed by atoms with E-state index in [0.29, 0.717) is 43.7 Å². The Bertz CT molecular complexity index is 1990. The molecule has 1 saturated carbocycles. The van der Waals surface area contributed by atoms with Crippen molar-refractivity contribution >= 4 is 12.0 Å². The van der Waals surface area contributed by atoms with Gasteiger partial charge in [-0.05, 0) is 77.6 Å². The fraction of sp³-hybridized carbons (Fsp3) is 0.500. The van der Waals surface area contributed by atoms with Crippen molar-refractivity contribution in [3.8, 4) is 35.4 Å². The van der Waals surface area contributed by atoms with E-state index in [1.54, 1.807) is 0 Å². The zero-order valence-electron chi connectivity index (χ0n) is 30.6. The van der Waals surface area contributed by atoms with Gasteiger partial charge in [-0.1, -0.05) is 75.0 Å². The average Bonchev–Trinajstić information content (AvgIpc) is 3.89. The minimum atomic E-state index is -1.01. The Morgan fingerprint density at radius 3 is 2.83 bits per heavy atom. The summed E-state index contributed by atoms with van der Waals surface area (Å²) in [6, 6.07) is 9.82. The number of nitrogens with two attached hydrogens (primary N) is 1. The first kappa shape index (κ1) is 35.6. The molecule has 1 aliphatic carbocycles. The number of nitrogens with one attached hydrogen (secondary N) is 1. The first-order valence-corrected chi connectivity index (χ1v) is 19.6. The van der Waals surface area contributed by atoms with Crippen molar-refractivity contribution in [1.29, 1.82) is 0 Å². The Kier molecular flexibility index (Phi) is 10.2. The van der Waals surface area contributed by atoms with Crippen molar-refractivity contribution in [3.63, 3.8) is 0 Å². The number of nitrogens with zero attached hydrogens (tertiary/aromatic N) is 2. The molecule has 2 bridgehead atoms. The van der Waals surface area contributed by atoms with E-state index in [-0.39, 0.29) is 24.3 Å². The van der Waals surface area contributed by atoms with Crippen LogP contribution in [0.15, 0.2) is 58.4 Å². The Hall–Kier alpha value is -4.38. The van der Waals surface area contributed by atoms with Crippen molar-refractivity contribution in [2.75, 3.05) is 13.1 Å². The maximum atomic E-state index is 12.8. The number of hydrogen-bond donors (Lipinski definition) is 4. The van der Waals surface area contributed by atoms with Gasteiger partial charge in [0.15, 0.2) is 17.7 Å². The zero-order chi connectivity index (χ0) is 36.5. The van der Waals surface area contributed by atoms with Crippen molar-refractivity contribution < 1.29 is 24.5 Å². The summed E-state index contributed by atoms with van der Waals surface area (Å²) in [5.41, 5.74) is 14.3. The third-order valence-electron chi connectivity index (χ3n) is 12.0. The molecule has 2 aromatic rings. The summed E-state index contributed by atoms with van der Waals surface area (Å²) in [5, 5.41) is 25.7. The molecule has 8 rings (SSSR count). The van der Waals surface area contributed by atoms with Crippen LogP contribution in [0, 0.1) is 35.2 Å². The summed E-state index contributed by atoms with van der Waals surface area (Å²) in [6.45, 7) is 3.51.